The van der Waals surface area contributed by atoms with Crippen LogP contribution < -0.4 is 14.8 Å². The number of likely N-dealkylation sites (tertiary alicyclic amines) is 1. The fourth-order valence-corrected chi connectivity index (χ4v) is 3.83. The lowest BCUT2D eigenvalue weighted by molar-refractivity contribution is 0.0726. The number of ether oxygens (including phenoxy) is 2. The molecule has 1 N–H and O–H groups in total. The lowest BCUT2D eigenvalue weighted by atomic mass is 10.1. The predicted octanol–water partition coefficient (Wildman–Crippen LogP) is 1.09. The highest BCUT2D eigenvalue weighted by Gasteiger charge is 2.35. The highest BCUT2D eigenvalue weighted by atomic mass is 16.7. The minimum absolute atomic E-state index is 0.00656. The van der Waals surface area contributed by atoms with Crippen LogP contribution >= 0.6 is 0 Å². The minimum Gasteiger partial charge on any atom is -0.454 e. The molecule has 1 aromatic heterocycles. The van der Waals surface area contributed by atoms with Crippen molar-refractivity contribution in [3.05, 3.63) is 35.4 Å². The molecule has 0 aliphatic carbocycles. The van der Waals surface area contributed by atoms with Gasteiger partial charge in [-0.25, -0.2) is 0 Å². The molecular formula is C17H19N5O3. The number of rotatable bonds is 2. The second-order valence-electron chi connectivity index (χ2n) is 6.53. The second-order valence-corrected chi connectivity index (χ2v) is 6.53. The molecule has 0 radical (unpaired) electrons. The Labute approximate surface area is 144 Å². The van der Waals surface area contributed by atoms with Crippen LogP contribution in [0, 0.1) is 0 Å². The number of nitrogens with zero attached hydrogens (tertiary/aromatic N) is 4. The van der Waals surface area contributed by atoms with E-state index in [9.17, 15) is 4.79 Å². The number of nitrogens with one attached hydrogen (secondary N) is 1. The maximum absolute atomic E-state index is 13.1. The van der Waals surface area contributed by atoms with Gasteiger partial charge in [-0.15, -0.1) is 10.2 Å². The van der Waals surface area contributed by atoms with Gasteiger partial charge >= 0.3 is 0 Å². The molecule has 1 unspecified atom stereocenters. The lowest BCUT2D eigenvalue weighted by Crippen LogP contribution is -2.34. The van der Waals surface area contributed by atoms with E-state index >= 15 is 0 Å². The Morgan fingerprint density at radius 1 is 1.20 bits per heavy atom. The summed E-state index contributed by atoms with van der Waals surface area (Å²) in [7, 11) is 0. The molecule has 130 valence electrons. The SMILES string of the molecule is O=C(c1ccc2c(c1)OCO2)N1CCCC1c1nnc2n1CCNC2. The first-order valence-electron chi connectivity index (χ1n) is 8.64. The second kappa shape index (κ2) is 5.73. The average molecular weight is 341 g/mol. The molecule has 25 heavy (non-hydrogen) atoms. The van der Waals surface area contributed by atoms with Crippen molar-refractivity contribution in [2.75, 3.05) is 19.9 Å². The smallest absolute Gasteiger partial charge is 0.254 e. The van der Waals surface area contributed by atoms with E-state index in [0.717, 1.165) is 50.7 Å². The molecule has 8 nitrogen and oxygen atoms in total. The van der Waals surface area contributed by atoms with Crippen LogP contribution in [0.2, 0.25) is 0 Å². The van der Waals surface area contributed by atoms with Gasteiger partial charge in [0.25, 0.3) is 5.91 Å². The van der Waals surface area contributed by atoms with Gasteiger partial charge in [-0.3, -0.25) is 4.79 Å². The number of hydrogen-bond acceptors (Lipinski definition) is 6. The topological polar surface area (TPSA) is 81.5 Å². The van der Waals surface area contributed by atoms with Gasteiger partial charge in [-0.1, -0.05) is 0 Å². The van der Waals surface area contributed by atoms with Gasteiger partial charge in [0.05, 0.1) is 12.6 Å². The summed E-state index contributed by atoms with van der Waals surface area (Å²) in [6.45, 7) is 3.43. The average Bonchev–Trinajstić information content (AvgIpc) is 3.38. The van der Waals surface area contributed by atoms with E-state index in [4.69, 9.17) is 9.47 Å². The standard InChI is InChI=1S/C17H19N5O3/c23-17(11-3-4-13-14(8-11)25-10-24-13)21-6-1-2-12(21)16-20-19-15-9-18-5-7-22(15)16/h3-4,8,12,18H,1-2,5-7,9-10H2. The summed E-state index contributed by atoms with van der Waals surface area (Å²) < 4.78 is 12.9. The van der Waals surface area contributed by atoms with Crippen LogP contribution in [0.1, 0.15) is 40.9 Å². The number of hydrogen-bond donors (Lipinski definition) is 1. The van der Waals surface area contributed by atoms with Crippen molar-refractivity contribution in [1.29, 1.82) is 0 Å². The first kappa shape index (κ1) is 14.7. The molecule has 5 rings (SSSR count). The summed E-state index contributed by atoms with van der Waals surface area (Å²) >= 11 is 0. The van der Waals surface area contributed by atoms with Crippen LogP contribution in [0.3, 0.4) is 0 Å². The fourth-order valence-electron chi connectivity index (χ4n) is 3.83. The molecule has 0 saturated carbocycles. The Kier molecular flexibility index (Phi) is 3.37. The number of fused-ring (bicyclic) bond motifs is 2. The summed E-state index contributed by atoms with van der Waals surface area (Å²) in [4.78, 5) is 15.0. The molecule has 1 fully saturated rings. The molecule has 2 aromatic rings. The van der Waals surface area contributed by atoms with Gasteiger partial charge < -0.3 is 24.3 Å². The molecule has 8 heteroatoms. The molecule has 4 heterocycles. The summed E-state index contributed by atoms with van der Waals surface area (Å²) in [5.74, 6) is 3.18. The van der Waals surface area contributed by atoms with Gasteiger partial charge in [-0.2, -0.15) is 0 Å². The van der Waals surface area contributed by atoms with Crippen molar-refractivity contribution < 1.29 is 14.3 Å². The van der Waals surface area contributed by atoms with E-state index in [2.05, 4.69) is 20.1 Å². The molecule has 1 aromatic carbocycles. The van der Waals surface area contributed by atoms with Crippen molar-refractivity contribution in [3.63, 3.8) is 0 Å². The van der Waals surface area contributed by atoms with Crippen LogP contribution in [0.25, 0.3) is 0 Å². The first-order chi connectivity index (χ1) is 12.3. The monoisotopic (exact) mass is 341 g/mol. The third-order valence-electron chi connectivity index (χ3n) is 5.08. The summed E-state index contributed by atoms with van der Waals surface area (Å²) in [5.41, 5.74) is 0.621. The summed E-state index contributed by atoms with van der Waals surface area (Å²) in [6.07, 6.45) is 1.89. The Bertz CT molecular complexity index is 834. The van der Waals surface area contributed by atoms with E-state index < -0.39 is 0 Å². The Balaban J connectivity index is 1.45. The van der Waals surface area contributed by atoms with Gasteiger partial charge in [0.15, 0.2) is 17.3 Å². The van der Waals surface area contributed by atoms with E-state index in [1.165, 1.54) is 0 Å². The van der Waals surface area contributed by atoms with Crippen molar-refractivity contribution in [1.82, 2.24) is 25.0 Å². The zero-order valence-electron chi connectivity index (χ0n) is 13.8. The third kappa shape index (κ3) is 2.36. The van der Waals surface area contributed by atoms with Gasteiger partial charge in [0.1, 0.15) is 5.82 Å². The van der Waals surface area contributed by atoms with E-state index in [1.807, 2.05) is 4.90 Å². The summed E-state index contributed by atoms with van der Waals surface area (Å²) in [6, 6.07) is 5.35. The zero-order valence-corrected chi connectivity index (χ0v) is 13.8. The van der Waals surface area contributed by atoms with Crippen LogP contribution in [-0.2, 0) is 13.1 Å². The van der Waals surface area contributed by atoms with Gasteiger partial charge in [0, 0.05) is 25.2 Å². The Morgan fingerprint density at radius 2 is 2.12 bits per heavy atom. The van der Waals surface area contributed by atoms with Crippen LogP contribution in [0.4, 0.5) is 0 Å². The highest BCUT2D eigenvalue weighted by Crippen LogP contribution is 2.36. The van der Waals surface area contributed by atoms with Crippen molar-refractivity contribution in [2.24, 2.45) is 0 Å². The number of benzene rings is 1. The summed E-state index contributed by atoms with van der Waals surface area (Å²) in [5, 5.41) is 12.0. The highest BCUT2D eigenvalue weighted by molar-refractivity contribution is 5.95. The lowest BCUT2D eigenvalue weighted by Gasteiger charge is -2.26. The van der Waals surface area contributed by atoms with Crippen LogP contribution in [0.15, 0.2) is 18.2 Å². The molecule has 1 saturated heterocycles. The predicted molar refractivity (Wildman–Crippen MR) is 87.3 cm³/mol. The molecule has 0 spiro atoms. The molecule has 0 bridgehead atoms. The molecular weight excluding hydrogens is 322 g/mol. The maximum Gasteiger partial charge on any atom is 0.254 e. The van der Waals surface area contributed by atoms with Crippen LogP contribution in [-0.4, -0.2) is 45.5 Å². The number of carbonyl (C=O) groups is 1. The largest absolute Gasteiger partial charge is 0.454 e. The van der Waals surface area contributed by atoms with Gasteiger partial charge in [-0.05, 0) is 31.0 Å². The molecule has 1 atom stereocenters. The quantitative estimate of drug-likeness (QED) is 0.881. The Hall–Kier alpha value is -2.61. The fraction of sp³-hybridized carbons (Fsp3) is 0.471. The minimum atomic E-state index is -0.0164. The Morgan fingerprint density at radius 3 is 3.08 bits per heavy atom. The van der Waals surface area contributed by atoms with E-state index in [-0.39, 0.29) is 18.7 Å². The number of carbonyl (C=O) groups excluding carboxylic acids is 1. The maximum atomic E-state index is 13.1. The van der Waals surface area contributed by atoms with E-state index in [0.29, 0.717) is 17.1 Å². The molecule has 3 aliphatic heterocycles. The van der Waals surface area contributed by atoms with E-state index in [1.54, 1.807) is 18.2 Å². The normalized spacial score (nSPS) is 21.4. The van der Waals surface area contributed by atoms with Crippen LogP contribution in [0.5, 0.6) is 11.5 Å². The van der Waals surface area contributed by atoms with Gasteiger partial charge in [0.2, 0.25) is 6.79 Å². The van der Waals surface area contributed by atoms with Crippen molar-refractivity contribution >= 4 is 5.91 Å². The number of amides is 1. The zero-order chi connectivity index (χ0) is 16.8. The van der Waals surface area contributed by atoms with Crippen molar-refractivity contribution in [3.8, 4) is 11.5 Å². The first-order valence-corrected chi connectivity index (χ1v) is 8.64. The molecule has 1 amide bonds. The third-order valence-corrected chi connectivity index (χ3v) is 5.08. The van der Waals surface area contributed by atoms with Crippen molar-refractivity contribution in [2.45, 2.75) is 32.0 Å². The number of aromatic nitrogens is 3. The molecule has 3 aliphatic rings.